The topological polar surface area (TPSA) is 37.8 Å². The van der Waals surface area contributed by atoms with Gasteiger partial charge in [0.05, 0.1) is 10.7 Å². The third kappa shape index (κ3) is 3.89. The van der Waals surface area contributed by atoms with Gasteiger partial charge in [-0.3, -0.25) is 4.98 Å². The number of pyridine rings is 1. The van der Waals surface area contributed by atoms with Gasteiger partial charge in [-0.25, -0.2) is 4.98 Å². The molecule has 0 aromatic carbocycles. The second kappa shape index (κ2) is 6.24. The molecule has 1 N–H and O–H groups in total. The zero-order valence-electron chi connectivity index (χ0n) is 13.8. The summed E-state index contributed by atoms with van der Waals surface area (Å²) in [7, 11) is 0. The summed E-state index contributed by atoms with van der Waals surface area (Å²) in [5.74, 6) is 0. The van der Waals surface area contributed by atoms with Crippen molar-refractivity contribution in [2.45, 2.75) is 59.0 Å². The van der Waals surface area contributed by atoms with Crippen molar-refractivity contribution in [3.05, 3.63) is 45.7 Å². The summed E-state index contributed by atoms with van der Waals surface area (Å²) >= 11 is 1.82. The van der Waals surface area contributed by atoms with Crippen molar-refractivity contribution in [1.82, 2.24) is 15.3 Å². The van der Waals surface area contributed by atoms with Crippen LogP contribution in [-0.2, 0) is 5.41 Å². The van der Waals surface area contributed by atoms with Crippen molar-refractivity contribution < 1.29 is 0 Å². The molecule has 0 saturated carbocycles. The van der Waals surface area contributed by atoms with Crippen LogP contribution >= 0.6 is 11.3 Å². The van der Waals surface area contributed by atoms with E-state index in [1.807, 2.05) is 29.8 Å². The number of aromatic nitrogens is 2. The van der Waals surface area contributed by atoms with Crippen molar-refractivity contribution in [2.24, 2.45) is 0 Å². The highest BCUT2D eigenvalue weighted by atomic mass is 32.1. The maximum absolute atomic E-state index is 4.75. The predicted molar refractivity (Wildman–Crippen MR) is 89.8 cm³/mol. The highest BCUT2D eigenvalue weighted by molar-refractivity contribution is 7.12. The van der Waals surface area contributed by atoms with Crippen molar-refractivity contribution in [3.8, 4) is 0 Å². The monoisotopic (exact) mass is 303 g/mol. The van der Waals surface area contributed by atoms with Gasteiger partial charge < -0.3 is 5.32 Å². The summed E-state index contributed by atoms with van der Waals surface area (Å²) in [6, 6.07) is 4.65. The maximum Gasteiger partial charge on any atom is 0.0985 e. The Kier molecular flexibility index (Phi) is 4.79. The molecule has 0 aliphatic heterocycles. The van der Waals surface area contributed by atoms with Gasteiger partial charge in [-0.2, -0.15) is 0 Å². The Labute approximate surface area is 131 Å². The number of rotatable bonds is 4. The quantitative estimate of drug-likeness (QED) is 0.900. The minimum absolute atomic E-state index is 0.113. The number of hydrogen-bond donors (Lipinski definition) is 1. The minimum Gasteiger partial charge on any atom is -0.303 e. The third-order valence-corrected chi connectivity index (χ3v) is 5.32. The van der Waals surface area contributed by atoms with E-state index in [0.29, 0.717) is 0 Å². The van der Waals surface area contributed by atoms with E-state index in [1.165, 1.54) is 15.4 Å². The fourth-order valence-corrected chi connectivity index (χ4v) is 3.45. The fraction of sp³-hybridized carbons (Fsp3) is 0.529. The van der Waals surface area contributed by atoms with Crippen molar-refractivity contribution >= 4 is 11.3 Å². The molecule has 0 bridgehead atoms. The van der Waals surface area contributed by atoms with Gasteiger partial charge in [-0.05, 0) is 32.4 Å². The molecule has 21 heavy (non-hydrogen) atoms. The first-order valence-corrected chi connectivity index (χ1v) is 8.24. The van der Waals surface area contributed by atoms with Gasteiger partial charge in [0, 0.05) is 34.8 Å². The van der Waals surface area contributed by atoms with E-state index in [2.05, 4.69) is 57.9 Å². The van der Waals surface area contributed by atoms with Crippen LogP contribution in [0.3, 0.4) is 0 Å². The first-order valence-electron chi connectivity index (χ1n) is 7.43. The van der Waals surface area contributed by atoms with Crippen molar-refractivity contribution in [2.75, 3.05) is 0 Å². The van der Waals surface area contributed by atoms with Crippen LogP contribution in [0.5, 0.6) is 0 Å². The Morgan fingerprint density at radius 3 is 2.43 bits per heavy atom. The lowest BCUT2D eigenvalue weighted by molar-refractivity contribution is 0.497. The zero-order chi connectivity index (χ0) is 15.6. The molecule has 2 heterocycles. The third-order valence-electron chi connectivity index (χ3n) is 3.55. The molecule has 2 unspecified atom stereocenters. The van der Waals surface area contributed by atoms with Gasteiger partial charge >= 0.3 is 0 Å². The molecule has 0 spiro atoms. The van der Waals surface area contributed by atoms with Crippen LogP contribution in [0.25, 0.3) is 0 Å². The standard InChI is InChI=1S/C17H25N3S/c1-11(14-8-7-9-18-10-14)19-12(2)15-13(3)20-16(21-15)17(4,5)6/h7-12,19H,1-6H3. The summed E-state index contributed by atoms with van der Waals surface area (Å²) in [6.45, 7) is 13.1. The number of thiazole rings is 1. The fourth-order valence-electron chi connectivity index (χ4n) is 2.31. The summed E-state index contributed by atoms with van der Waals surface area (Å²) in [4.78, 5) is 10.3. The van der Waals surface area contributed by atoms with Crippen molar-refractivity contribution in [3.63, 3.8) is 0 Å². The van der Waals surface area contributed by atoms with Crippen LogP contribution in [0.2, 0.25) is 0 Å². The Hall–Kier alpha value is -1.26. The lowest BCUT2D eigenvalue weighted by atomic mass is 9.98. The summed E-state index contributed by atoms with van der Waals surface area (Å²) in [6.07, 6.45) is 3.73. The van der Waals surface area contributed by atoms with Gasteiger partial charge in [0.1, 0.15) is 0 Å². The molecule has 2 aromatic rings. The lowest BCUT2D eigenvalue weighted by Crippen LogP contribution is -2.22. The molecule has 0 aliphatic rings. The number of nitrogens with one attached hydrogen (secondary N) is 1. The molecule has 0 aliphatic carbocycles. The van der Waals surface area contributed by atoms with Crippen LogP contribution in [-0.4, -0.2) is 9.97 Å². The predicted octanol–water partition coefficient (Wildman–Crippen LogP) is 4.56. The average molecular weight is 303 g/mol. The van der Waals surface area contributed by atoms with Crippen LogP contribution in [0.4, 0.5) is 0 Å². The number of nitrogens with zero attached hydrogens (tertiary/aromatic N) is 2. The Bertz CT molecular complexity index is 584. The SMILES string of the molecule is Cc1nc(C(C)(C)C)sc1C(C)NC(C)c1cccnc1. The molecular weight excluding hydrogens is 278 g/mol. The van der Waals surface area contributed by atoms with Gasteiger partial charge in [-0.15, -0.1) is 11.3 Å². The second-order valence-corrected chi connectivity index (χ2v) is 7.65. The molecule has 2 rings (SSSR count). The van der Waals surface area contributed by atoms with E-state index in [9.17, 15) is 0 Å². The largest absolute Gasteiger partial charge is 0.303 e. The Balaban J connectivity index is 2.14. The smallest absolute Gasteiger partial charge is 0.0985 e. The van der Waals surface area contributed by atoms with E-state index in [4.69, 9.17) is 4.98 Å². The highest BCUT2D eigenvalue weighted by Crippen LogP contribution is 2.33. The molecule has 0 saturated heterocycles. The first kappa shape index (κ1) is 16.1. The van der Waals surface area contributed by atoms with E-state index >= 15 is 0 Å². The lowest BCUT2D eigenvalue weighted by Gasteiger charge is -2.19. The second-order valence-electron chi connectivity index (χ2n) is 6.62. The molecule has 4 heteroatoms. The molecule has 0 amide bonds. The van der Waals surface area contributed by atoms with E-state index < -0.39 is 0 Å². The van der Waals surface area contributed by atoms with Gasteiger partial charge in [0.15, 0.2) is 0 Å². The van der Waals surface area contributed by atoms with Crippen LogP contribution in [0.1, 0.15) is 67.8 Å². The summed E-state index contributed by atoms with van der Waals surface area (Å²) in [5.41, 5.74) is 2.47. The molecule has 114 valence electrons. The molecule has 2 atom stereocenters. The van der Waals surface area contributed by atoms with Gasteiger partial charge in [0.2, 0.25) is 0 Å². The van der Waals surface area contributed by atoms with Crippen LogP contribution in [0.15, 0.2) is 24.5 Å². The molecular formula is C17H25N3S. The van der Waals surface area contributed by atoms with Crippen LogP contribution in [0, 0.1) is 6.92 Å². The van der Waals surface area contributed by atoms with Gasteiger partial charge in [0.25, 0.3) is 0 Å². The average Bonchev–Trinajstić information content (AvgIpc) is 2.82. The van der Waals surface area contributed by atoms with E-state index in [-0.39, 0.29) is 17.5 Å². The van der Waals surface area contributed by atoms with Gasteiger partial charge in [-0.1, -0.05) is 26.8 Å². The molecule has 0 fully saturated rings. The molecule has 0 radical (unpaired) electrons. The minimum atomic E-state index is 0.113. The van der Waals surface area contributed by atoms with Crippen LogP contribution < -0.4 is 5.32 Å². The Morgan fingerprint density at radius 1 is 1.19 bits per heavy atom. The first-order chi connectivity index (χ1) is 9.79. The summed E-state index contributed by atoms with van der Waals surface area (Å²) in [5, 5.41) is 4.85. The van der Waals surface area contributed by atoms with E-state index in [0.717, 1.165) is 5.69 Å². The normalized spacial score (nSPS) is 15.0. The Morgan fingerprint density at radius 2 is 1.90 bits per heavy atom. The number of aryl methyl sites for hydroxylation is 1. The zero-order valence-corrected chi connectivity index (χ0v) is 14.6. The summed E-state index contributed by atoms with van der Waals surface area (Å²) < 4.78 is 0. The van der Waals surface area contributed by atoms with E-state index in [1.54, 1.807) is 0 Å². The molecule has 2 aromatic heterocycles. The number of hydrogen-bond acceptors (Lipinski definition) is 4. The highest BCUT2D eigenvalue weighted by Gasteiger charge is 2.23. The molecule has 3 nitrogen and oxygen atoms in total. The maximum atomic E-state index is 4.75. The van der Waals surface area contributed by atoms with Crippen molar-refractivity contribution in [1.29, 1.82) is 0 Å².